The van der Waals surface area contributed by atoms with Crippen molar-refractivity contribution in [1.82, 2.24) is 4.90 Å². The Labute approximate surface area is 103 Å². The zero-order valence-electron chi connectivity index (χ0n) is 10.3. The van der Waals surface area contributed by atoms with E-state index in [0.29, 0.717) is 0 Å². The van der Waals surface area contributed by atoms with Crippen molar-refractivity contribution < 1.29 is 4.74 Å². The molecule has 0 bridgehead atoms. The zero-order valence-corrected chi connectivity index (χ0v) is 11.9. The number of alkyl halides is 1. The summed E-state index contributed by atoms with van der Waals surface area (Å²) in [6, 6.07) is 0. The molecule has 0 fully saturated rings. The van der Waals surface area contributed by atoms with Gasteiger partial charge in [0.15, 0.2) is 0 Å². The number of unbranched alkanes of at least 4 members (excludes halogenated alkanes) is 2. The summed E-state index contributed by atoms with van der Waals surface area (Å²) in [7, 11) is 0. The molecule has 0 saturated heterocycles. The van der Waals surface area contributed by atoms with Gasteiger partial charge in [0, 0.05) is 25.0 Å². The lowest BCUT2D eigenvalue weighted by Gasteiger charge is -2.20. The van der Waals surface area contributed by atoms with E-state index in [-0.39, 0.29) is 0 Å². The summed E-state index contributed by atoms with van der Waals surface area (Å²) in [4.78, 5) is 2.48. The molecule has 0 saturated carbocycles. The normalized spacial score (nSPS) is 11.2. The average molecular weight is 280 g/mol. The van der Waals surface area contributed by atoms with Crippen LogP contribution in [0.4, 0.5) is 0 Å². The average Bonchev–Trinajstić information content (AvgIpc) is 2.25. The Bertz CT molecular complexity index is 122. The van der Waals surface area contributed by atoms with E-state index < -0.39 is 0 Å². The molecular weight excluding hydrogens is 254 g/mol. The largest absolute Gasteiger partial charge is 0.380 e. The summed E-state index contributed by atoms with van der Waals surface area (Å²) >= 11 is 3.49. The van der Waals surface area contributed by atoms with Crippen LogP contribution in [0.1, 0.15) is 39.5 Å². The minimum absolute atomic E-state index is 0.886. The highest BCUT2D eigenvalue weighted by Crippen LogP contribution is 1.97. The third-order valence-electron chi connectivity index (χ3n) is 2.42. The van der Waals surface area contributed by atoms with Crippen LogP contribution in [-0.2, 0) is 4.74 Å². The van der Waals surface area contributed by atoms with E-state index in [1.807, 2.05) is 0 Å². The second kappa shape index (κ2) is 12.5. The molecule has 0 spiro atoms. The van der Waals surface area contributed by atoms with Crippen LogP contribution < -0.4 is 0 Å². The smallest absolute Gasteiger partial charge is 0.0593 e. The van der Waals surface area contributed by atoms with Crippen molar-refractivity contribution in [2.45, 2.75) is 39.5 Å². The van der Waals surface area contributed by atoms with Gasteiger partial charge in [-0.25, -0.2) is 0 Å². The molecular formula is C12H26BrNO. The van der Waals surface area contributed by atoms with Gasteiger partial charge in [-0.05, 0) is 19.4 Å². The van der Waals surface area contributed by atoms with Crippen LogP contribution in [0.2, 0.25) is 0 Å². The van der Waals surface area contributed by atoms with Gasteiger partial charge in [0.25, 0.3) is 0 Å². The predicted molar refractivity (Wildman–Crippen MR) is 70.9 cm³/mol. The van der Waals surface area contributed by atoms with Gasteiger partial charge in [0.05, 0.1) is 6.61 Å². The Morgan fingerprint density at radius 2 is 1.67 bits per heavy atom. The molecule has 0 unspecified atom stereocenters. The Hall–Kier alpha value is 0.400. The van der Waals surface area contributed by atoms with Crippen molar-refractivity contribution in [2.75, 3.05) is 38.2 Å². The molecule has 0 atom stereocenters. The van der Waals surface area contributed by atoms with Gasteiger partial charge < -0.3 is 9.64 Å². The van der Waals surface area contributed by atoms with Crippen LogP contribution in [0, 0.1) is 0 Å². The van der Waals surface area contributed by atoms with Gasteiger partial charge in [0.2, 0.25) is 0 Å². The molecule has 15 heavy (non-hydrogen) atoms. The Morgan fingerprint density at radius 3 is 2.27 bits per heavy atom. The van der Waals surface area contributed by atoms with E-state index in [4.69, 9.17) is 4.74 Å². The maximum atomic E-state index is 5.57. The van der Waals surface area contributed by atoms with Gasteiger partial charge in [0.1, 0.15) is 0 Å². The van der Waals surface area contributed by atoms with Crippen LogP contribution >= 0.6 is 15.9 Å². The maximum Gasteiger partial charge on any atom is 0.0593 e. The third-order valence-corrected chi connectivity index (χ3v) is 2.78. The van der Waals surface area contributed by atoms with Crippen molar-refractivity contribution >= 4 is 15.9 Å². The lowest BCUT2D eigenvalue weighted by molar-refractivity contribution is 0.103. The molecule has 0 aliphatic carbocycles. The number of ether oxygens (including phenoxy) is 1. The molecule has 0 amide bonds. The van der Waals surface area contributed by atoms with E-state index in [9.17, 15) is 0 Å². The molecule has 0 aliphatic heterocycles. The summed E-state index contributed by atoms with van der Waals surface area (Å²) in [5.74, 6) is 0. The minimum Gasteiger partial charge on any atom is -0.380 e. The summed E-state index contributed by atoms with van der Waals surface area (Å²) in [6.07, 6.45) is 4.98. The van der Waals surface area contributed by atoms with Crippen LogP contribution in [0.5, 0.6) is 0 Å². The molecule has 0 aliphatic rings. The third kappa shape index (κ3) is 10.7. The molecule has 0 rings (SSSR count). The van der Waals surface area contributed by atoms with Gasteiger partial charge in [-0.2, -0.15) is 0 Å². The quantitative estimate of drug-likeness (QED) is 0.425. The number of halogens is 1. The first-order valence-corrected chi connectivity index (χ1v) is 7.33. The number of hydrogen-bond donors (Lipinski definition) is 0. The number of rotatable bonds is 11. The first kappa shape index (κ1) is 15.4. The van der Waals surface area contributed by atoms with Crippen molar-refractivity contribution in [3.8, 4) is 0 Å². The maximum absolute atomic E-state index is 5.57. The second-order valence-electron chi connectivity index (χ2n) is 3.85. The zero-order chi connectivity index (χ0) is 11.4. The van der Waals surface area contributed by atoms with Gasteiger partial charge in [-0.15, -0.1) is 0 Å². The lowest BCUT2D eigenvalue weighted by Crippen LogP contribution is -2.30. The van der Waals surface area contributed by atoms with Crippen molar-refractivity contribution in [2.24, 2.45) is 0 Å². The molecule has 0 aromatic carbocycles. The molecule has 92 valence electrons. The van der Waals surface area contributed by atoms with E-state index in [2.05, 4.69) is 34.7 Å². The fourth-order valence-corrected chi connectivity index (χ4v) is 1.88. The highest BCUT2D eigenvalue weighted by molar-refractivity contribution is 9.09. The van der Waals surface area contributed by atoms with Crippen LogP contribution in [0.3, 0.4) is 0 Å². The minimum atomic E-state index is 0.886. The molecule has 0 radical (unpaired) electrons. The second-order valence-corrected chi connectivity index (χ2v) is 4.64. The lowest BCUT2D eigenvalue weighted by atomic mass is 10.3. The van der Waals surface area contributed by atoms with Gasteiger partial charge in [-0.3, -0.25) is 0 Å². The van der Waals surface area contributed by atoms with E-state index in [1.165, 1.54) is 32.2 Å². The van der Waals surface area contributed by atoms with Gasteiger partial charge in [-0.1, -0.05) is 42.6 Å². The Balaban J connectivity index is 3.38. The molecule has 2 nitrogen and oxygen atoms in total. The number of hydrogen-bond acceptors (Lipinski definition) is 2. The monoisotopic (exact) mass is 279 g/mol. The number of nitrogens with zero attached hydrogens (tertiary/aromatic N) is 1. The fourth-order valence-electron chi connectivity index (χ4n) is 1.38. The SMILES string of the molecule is CCCCOCCN(CCBr)CCCC. The van der Waals surface area contributed by atoms with Gasteiger partial charge >= 0.3 is 0 Å². The van der Waals surface area contributed by atoms with Crippen LogP contribution in [0.15, 0.2) is 0 Å². The van der Waals surface area contributed by atoms with Crippen molar-refractivity contribution in [1.29, 1.82) is 0 Å². The highest BCUT2D eigenvalue weighted by atomic mass is 79.9. The summed E-state index contributed by atoms with van der Waals surface area (Å²) in [6.45, 7) is 9.67. The van der Waals surface area contributed by atoms with Crippen LogP contribution in [0.25, 0.3) is 0 Å². The fraction of sp³-hybridized carbons (Fsp3) is 1.00. The summed E-state index contributed by atoms with van der Waals surface area (Å²) in [5, 5.41) is 1.06. The molecule has 0 heterocycles. The van der Waals surface area contributed by atoms with E-state index >= 15 is 0 Å². The summed E-state index contributed by atoms with van der Waals surface area (Å²) in [5.41, 5.74) is 0. The van der Waals surface area contributed by atoms with Crippen LogP contribution in [-0.4, -0.2) is 43.1 Å². The first-order chi connectivity index (χ1) is 7.35. The Kier molecular flexibility index (Phi) is 12.8. The first-order valence-electron chi connectivity index (χ1n) is 6.21. The topological polar surface area (TPSA) is 12.5 Å². The molecule has 0 aromatic rings. The van der Waals surface area contributed by atoms with Crippen molar-refractivity contribution in [3.63, 3.8) is 0 Å². The van der Waals surface area contributed by atoms with E-state index in [0.717, 1.165) is 31.6 Å². The molecule has 3 heteroatoms. The predicted octanol–water partition coefficient (Wildman–Crippen LogP) is 3.30. The van der Waals surface area contributed by atoms with Crippen molar-refractivity contribution in [3.05, 3.63) is 0 Å². The van der Waals surface area contributed by atoms with E-state index in [1.54, 1.807) is 0 Å². The standard InChI is InChI=1S/C12H26BrNO/c1-3-5-8-14(9-7-13)10-12-15-11-6-4-2/h3-12H2,1-2H3. The highest BCUT2D eigenvalue weighted by Gasteiger charge is 2.02. The molecule has 0 aromatic heterocycles. The summed E-state index contributed by atoms with van der Waals surface area (Å²) < 4.78 is 5.57. The molecule has 0 N–H and O–H groups in total. The Morgan fingerprint density at radius 1 is 0.933 bits per heavy atom.